The van der Waals surface area contributed by atoms with Gasteiger partial charge in [-0.05, 0) is 115 Å². The molecule has 0 saturated heterocycles. The minimum absolute atomic E-state index is 0.672. The second-order valence-corrected chi connectivity index (χ2v) is 11.3. The average Bonchev–Trinajstić information content (AvgIpc) is 2.84. The Bertz CT molecular complexity index is 906. The molecule has 0 fully saturated rings. The third-order valence-electron chi connectivity index (χ3n) is 8.41. The number of rotatable bonds is 14. The van der Waals surface area contributed by atoms with Crippen molar-refractivity contribution in [2.45, 2.75) is 113 Å². The van der Waals surface area contributed by atoms with Crippen LogP contribution in [0.15, 0.2) is 54.2 Å². The summed E-state index contributed by atoms with van der Waals surface area (Å²) in [6.07, 6.45) is 20.3. The molecule has 0 saturated carbocycles. The highest BCUT2D eigenvalue weighted by atomic mass is 14.3. The summed E-state index contributed by atoms with van der Waals surface area (Å²) in [5.74, 6) is 2.83. The fraction of sp³-hybridized carbons (Fsp3) is 0.600. The summed E-state index contributed by atoms with van der Waals surface area (Å²) in [4.78, 5) is 0. The molecule has 0 heterocycles. The molecule has 1 aromatic carbocycles. The maximum absolute atomic E-state index is 4.55. The Kier molecular flexibility index (Phi) is 12.3. The van der Waals surface area contributed by atoms with E-state index >= 15 is 0 Å². The zero-order valence-corrected chi connectivity index (χ0v) is 24.3. The third-order valence-corrected chi connectivity index (χ3v) is 8.41. The second kappa shape index (κ2) is 14.7. The van der Waals surface area contributed by atoms with Crippen LogP contribution in [-0.2, 0) is 19.3 Å². The van der Waals surface area contributed by atoms with Gasteiger partial charge in [-0.15, -0.1) is 0 Å². The fourth-order valence-corrected chi connectivity index (χ4v) is 5.98. The van der Waals surface area contributed by atoms with E-state index < -0.39 is 0 Å². The van der Waals surface area contributed by atoms with E-state index in [-0.39, 0.29) is 0 Å². The Labute approximate surface area is 218 Å². The van der Waals surface area contributed by atoms with Crippen molar-refractivity contribution >= 4 is 5.57 Å². The third kappa shape index (κ3) is 8.37. The first kappa shape index (κ1) is 29.4. The molecule has 4 atom stereocenters. The molecule has 1 aromatic rings. The Morgan fingerprint density at radius 2 is 1.66 bits per heavy atom. The lowest BCUT2D eigenvalue weighted by molar-refractivity contribution is 0.322. The Hall–Kier alpha value is -1.82. The highest BCUT2D eigenvalue weighted by Gasteiger charge is 2.23. The summed E-state index contributed by atoms with van der Waals surface area (Å²) in [5.41, 5.74) is 10.3. The highest BCUT2D eigenvalue weighted by Crippen LogP contribution is 2.39. The number of hydrogen-bond donors (Lipinski definition) is 0. The van der Waals surface area contributed by atoms with Crippen molar-refractivity contribution in [3.63, 3.8) is 0 Å². The molecule has 0 aromatic heterocycles. The van der Waals surface area contributed by atoms with Gasteiger partial charge in [-0.2, -0.15) is 0 Å². The summed E-state index contributed by atoms with van der Waals surface area (Å²) >= 11 is 0. The van der Waals surface area contributed by atoms with Crippen LogP contribution < -0.4 is 0 Å². The quantitative estimate of drug-likeness (QED) is 0.235. The summed E-state index contributed by atoms with van der Waals surface area (Å²) in [6, 6.07) is 4.86. The molecule has 2 rings (SSSR count). The van der Waals surface area contributed by atoms with Crippen molar-refractivity contribution in [1.29, 1.82) is 0 Å². The van der Waals surface area contributed by atoms with Gasteiger partial charge in [-0.3, -0.25) is 0 Å². The van der Waals surface area contributed by atoms with Crippen LogP contribution in [0.3, 0.4) is 0 Å². The first-order valence-corrected chi connectivity index (χ1v) is 14.6. The number of fused-ring (bicyclic) bond motifs is 1. The van der Waals surface area contributed by atoms with Crippen LogP contribution in [-0.4, -0.2) is 0 Å². The smallest absolute Gasteiger partial charge is 0.00548 e. The van der Waals surface area contributed by atoms with E-state index in [1.54, 1.807) is 5.57 Å². The first-order chi connectivity index (χ1) is 16.7. The predicted octanol–water partition coefficient (Wildman–Crippen LogP) is 10.7. The molecular weight excluding hydrogens is 420 g/mol. The first-order valence-electron chi connectivity index (χ1n) is 14.6. The summed E-state index contributed by atoms with van der Waals surface area (Å²) in [6.45, 7) is 23.3. The molecule has 1 aliphatic rings. The molecular formula is C35H54. The van der Waals surface area contributed by atoms with Crippen LogP contribution >= 0.6 is 0 Å². The summed E-state index contributed by atoms with van der Waals surface area (Å²) in [7, 11) is 0. The van der Waals surface area contributed by atoms with Gasteiger partial charge in [0.15, 0.2) is 0 Å². The van der Waals surface area contributed by atoms with Crippen molar-refractivity contribution in [3.8, 4) is 0 Å². The van der Waals surface area contributed by atoms with E-state index in [2.05, 4.69) is 98.4 Å². The van der Waals surface area contributed by atoms with E-state index in [4.69, 9.17) is 0 Å². The van der Waals surface area contributed by atoms with Gasteiger partial charge in [0.05, 0.1) is 0 Å². The van der Waals surface area contributed by atoms with E-state index in [1.807, 2.05) is 0 Å². The molecule has 0 amide bonds. The molecule has 35 heavy (non-hydrogen) atoms. The molecule has 4 unspecified atom stereocenters. The van der Waals surface area contributed by atoms with Gasteiger partial charge in [0.1, 0.15) is 0 Å². The van der Waals surface area contributed by atoms with Crippen molar-refractivity contribution < 1.29 is 0 Å². The zero-order valence-electron chi connectivity index (χ0n) is 24.3. The minimum Gasteiger partial charge on any atom is -0.0909 e. The van der Waals surface area contributed by atoms with Gasteiger partial charge in [0.2, 0.25) is 0 Å². The Morgan fingerprint density at radius 1 is 0.943 bits per heavy atom. The van der Waals surface area contributed by atoms with Crippen LogP contribution in [0, 0.1) is 23.7 Å². The molecule has 0 N–H and O–H groups in total. The van der Waals surface area contributed by atoms with Gasteiger partial charge < -0.3 is 0 Å². The summed E-state index contributed by atoms with van der Waals surface area (Å²) in [5, 5.41) is 0. The van der Waals surface area contributed by atoms with E-state index in [9.17, 15) is 0 Å². The van der Waals surface area contributed by atoms with Gasteiger partial charge in [0.25, 0.3) is 0 Å². The molecule has 0 spiro atoms. The number of hydrogen-bond acceptors (Lipinski definition) is 0. The number of allylic oxidation sites excluding steroid dienone is 7. The average molecular weight is 475 g/mol. The van der Waals surface area contributed by atoms with Crippen LogP contribution in [0.25, 0.3) is 5.57 Å². The topological polar surface area (TPSA) is 0 Å². The Balaban J connectivity index is 1.97. The molecule has 0 bridgehead atoms. The molecule has 1 aliphatic carbocycles. The van der Waals surface area contributed by atoms with Gasteiger partial charge in [-0.1, -0.05) is 103 Å². The fourth-order valence-electron chi connectivity index (χ4n) is 5.98. The number of benzene rings is 1. The molecule has 0 heteroatoms. The maximum Gasteiger partial charge on any atom is -0.00548 e. The summed E-state index contributed by atoms with van der Waals surface area (Å²) < 4.78 is 0. The van der Waals surface area contributed by atoms with E-state index in [0.29, 0.717) is 11.8 Å². The lowest BCUT2D eigenvalue weighted by atomic mass is 9.77. The van der Waals surface area contributed by atoms with Crippen molar-refractivity contribution in [2.24, 2.45) is 23.7 Å². The lowest BCUT2D eigenvalue weighted by Gasteiger charge is -2.28. The maximum atomic E-state index is 4.55. The number of aryl methyl sites for hydroxylation is 2. The SMILES string of the molecule is C=C1C(C)=C(CCC(C)CC(C)C(/C=C/C=C/C(C)CCC)CC)Cc2cc(CC)cc(CC)c21. The molecule has 194 valence electrons. The molecule has 0 aliphatic heterocycles. The van der Waals surface area contributed by atoms with Crippen molar-refractivity contribution in [3.05, 3.63) is 76.4 Å². The normalized spacial score (nSPS) is 17.8. The highest BCUT2D eigenvalue weighted by molar-refractivity contribution is 5.84. The minimum atomic E-state index is 0.672. The molecule has 0 radical (unpaired) electrons. The largest absolute Gasteiger partial charge is 0.0909 e. The van der Waals surface area contributed by atoms with Gasteiger partial charge in [-0.25, -0.2) is 0 Å². The van der Waals surface area contributed by atoms with Crippen LogP contribution in [0.2, 0.25) is 0 Å². The monoisotopic (exact) mass is 474 g/mol. The van der Waals surface area contributed by atoms with Crippen molar-refractivity contribution in [2.75, 3.05) is 0 Å². The molecule has 0 nitrogen and oxygen atoms in total. The Morgan fingerprint density at radius 3 is 2.29 bits per heavy atom. The predicted molar refractivity (Wildman–Crippen MR) is 159 cm³/mol. The van der Waals surface area contributed by atoms with E-state index in [0.717, 1.165) is 31.1 Å². The van der Waals surface area contributed by atoms with E-state index in [1.165, 1.54) is 71.9 Å². The van der Waals surface area contributed by atoms with Crippen LogP contribution in [0.1, 0.15) is 116 Å². The zero-order chi connectivity index (χ0) is 26.0. The van der Waals surface area contributed by atoms with Crippen molar-refractivity contribution in [1.82, 2.24) is 0 Å². The lowest BCUT2D eigenvalue weighted by Crippen LogP contribution is -2.14. The van der Waals surface area contributed by atoms with Crippen LogP contribution in [0.4, 0.5) is 0 Å². The van der Waals surface area contributed by atoms with Gasteiger partial charge in [0, 0.05) is 0 Å². The van der Waals surface area contributed by atoms with Gasteiger partial charge >= 0.3 is 0 Å². The second-order valence-electron chi connectivity index (χ2n) is 11.3. The van der Waals surface area contributed by atoms with Crippen LogP contribution in [0.5, 0.6) is 0 Å². The standard InChI is InChI=1S/C35H54/c1-10-16-25(5)17-14-15-18-31(12-3)27(7)21-26(6)19-20-33-24-34-23-30(11-2)22-32(13-4)35(34)29(9)28(33)8/h14-15,17-18,22-23,25-27,31H,9-13,16,19-21,24H2,1-8H3/b17-14+,18-15+.